The SMILES string of the molecule is O=C(NC(=S)Nc1ccc(-c2nc3cc(Cl)ccc3o2)cc1)c1ccc(-c2cccc([N+](=O)[O-])c2)o1. The van der Waals surface area contributed by atoms with Gasteiger partial charge in [-0.15, -0.1) is 0 Å². The first-order valence-electron chi connectivity index (χ1n) is 10.5. The summed E-state index contributed by atoms with van der Waals surface area (Å²) in [6.07, 6.45) is 0. The van der Waals surface area contributed by atoms with E-state index in [9.17, 15) is 14.9 Å². The zero-order valence-electron chi connectivity index (χ0n) is 18.2. The summed E-state index contributed by atoms with van der Waals surface area (Å²) in [6.45, 7) is 0. The molecule has 3 aromatic carbocycles. The fourth-order valence-electron chi connectivity index (χ4n) is 3.44. The quantitative estimate of drug-likeness (QED) is 0.155. The third kappa shape index (κ3) is 4.95. The number of carbonyl (C=O) groups excluding carboxylic acids is 1. The van der Waals surface area contributed by atoms with Gasteiger partial charge in [0, 0.05) is 34.0 Å². The van der Waals surface area contributed by atoms with E-state index in [0.29, 0.717) is 39.0 Å². The van der Waals surface area contributed by atoms with Gasteiger partial charge in [-0.25, -0.2) is 4.98 Å². The molecule has 2 N–H and O–H groups in total. The Morgan fingerprint density at radius 1 is 0.972 bits per heavy atom. The summed E-state index contributed by atoms with van der Waals surface area (Å²) in [6, 6.07) is 21.3. The summed E-state index contributed by atoms with van der Waals surface area (Å²) in [5.41, 5.74) is 3.09. The van der Waals surface area contributed by atoms with Gasteiger partial charge in [0.15, 0.2) is 16.5 Å². The van der Waals surface area contributed by atoms with E-state index >= 15 is 0 Å². The predicted octanol–water partition coefficient (Wildman–Crippen LogP) is 6.44. The van der Waals surface area contributed by atoms with Crippen LogP contribution in [-0.2, 0) is 0 Å². The fourth-order valence-corrected chi connectivity index (χ4v) is 3.81. The van der Waals surface area contributed by atoms with Crippen molar-refractivity contribution in [1.82, 2.24) is 10.3 Å². The topological polar surface area (TPSA) is 123 Å². The van der Waals surface area contributed by atoms with Gasteiger partial charge in [0.2, 0.25) is 5.89 Å². The second-order valence-electron chi connectivity index (χ2n) is 7.59. The number of furan rings is 1. The maximum Gasteiger partial charge on any atom is 0.293 e. The number of nitrogens with zero attached hydrogens (tertiary/aromatic N) is 2. The zero-order valence-corrected chi connectivity index (χ0v) is 19.8. The molecule has 1 amide bonds. The number of oxazole rings is 1. The van der Waals surface area contributed by atoms with Crippen LogP contribution in [-0.4, -0.2) is 20.9 Å². The average molecular weight is 519 g/mol. The van der Waals surface area contributed by atoms with E-state index in [1.54, 1.807) is 60.7 Å². The first-order chi connectivity index (χ1) is 17.4. The summed E-state index contributed by atoms with van der Waals surface area (Å²) in [4.78, 5) is 27.5. The summed E-state index contributed by atoms with van der Waals surface area (Å²) < 4.78 is 11.3. The molecular weight excluding hydrogens is 504 g/mol. The number of anilines is 1. The molecule has 5 rings (SSSR count). The zero-order chi connectivity index (χ0) is 25.2. The van der Waals surface area contributed by atoms with Crippen molar-refractivity contribution in [3.8, 4) is 22.8 Å². The van der Waals surface area contributed by atoms with Crippen molar-refractivity contribution in [2.24, 2.45) is 0 Å². The van der Waals surface area contributed by atoms with Crippen molar-refractivity contribution in [3.63, 3.8) is 0 Å². The van der Waals surface area contributed by atoms with Crippen molar-refractivity contribution in [2.45, 2.75) is 0 Å². The predicted molar refractivity (Wildman–Crippen MR) is 139 cm³/mol. The second-order valence-corrected chi connectivity index (χ2v) is 8.43. The molecule has 2 aromatic heterocycles. The lowest BCUT2D eigenvalue weighted by molar-refractivity contribution is -0.384. The van der Waals surface area contributed by atoms with E-state index in [-0.39, 0.29) is 16.6 Å². The Hall–Kier alpha value is -4.54. The Morgan fingerprint density at radius 3 is 2.56 bits per heavy atom. The Labute approximate surface area is 213 Å². The highest BCUT2D eigenvalue weighted by Crippen LogP contribution is 2.28. The van der Waals surface area contributed by atoms with E-state index < -0.39 is 10.8 Å². The van der Waals surface area contributed by atoms with Gasteiger partial charge in [0.05, 0.1) is 4.92 Å². The van der Waals surface area contributed by atoms with E-state index in [1.165, 1.54) is 18.2 Å². The Balaban J connectivity index is 1.22. The van der Waals surface area contributed by atoms with Crippen molar-refractivity contribution in [3.05, 3.63) is 99.8 Å². The number of fused-ring (bicyclic) bond motifs is 1. The number of carbonyl (C=O) groups is 1. The molecule has 0 bridgehead atoms. The van der Waals surface area contributed by atoms with Crippen LogP contribution >= 0.6 is 23.8 Å². The van der Waals surface area contributed by atoms with Crippen molar-refractivity contribution >= 4 is 57.3 Å². The summed E-state index contributed by atoms with van der Waals surface area (Å²) in [5.74, 6) is 0.213. The molecule has 0 aliphatic carbocycles. The molecule has 0 radical (unpaired) electrons. The Kier molecular flexibility index (Phi) is 6.19. The van der Waals surface area contributed by atoms with Gasteiger partial charge >= 0.3 is 0 Å². The smallest absolute Gasteiger partial charge is 0.293 e. The number of halogens is 1. The van der Waals surface area contributed by atoms with Crippen LogP contribution in [0.1, 0.15) is 10.6 Å². The van der Waals surface area contributed by atoms with Gasteiger partial charge in [-0.05, 0) is 66.8 Å². The van der Waals surface area contributed by atoms with Crippen LogP contribution in [0.5, 0.6) is 0 Å². The molecular formula is C25H15ClN4O5S. The van der Waals surface area contributed by atoms with E-state index in [1.807, 2.05) is 0 Å². The molecule has 9 nitrogen and oxygen atoms in total. The number of hydrogen-bond donors (Lipinski definition) is 2. The number of rotatable bonds is 5. The van der Waals surface area contributed by atoms with E-state index in [4.69, 9.17) is 32.7 Å². The maximum absolute atomic E-state index is 12.5. The summed E-state index contributed by atoms with van der Waals surface area (Å²) in [7, 11) is 0. The summed E-state index contributed by atoms with van der Waals surface area (Å²) in [5, 5.41) is 17.1. The lowest BCUT2D eigenvalue weighted by atomic mass is 10.1. The minimum atomic E-state index is -0.564. The number of amides is 1. The van der Waals surface area contributed by atoms with Crippen LogP contribution < -0.4 is 10.6 Å². The van der Waals surface area contributed by atoms with Crippen LogP contribution in [0, 0.1) is 10.1 Å². The normalized spacial score (nSPS) is 10.8. The van der Waals surface area contributed by atoms with E-state index in [2.05, 4.69) is 15.6 Å². The molecule has 0 spiro atoms. The highest BCUT2D eigenvalue weighted by molar-refractivity contribution is 7.80. The standard InChI is InChI=1S/C25H15ClN4O5S/c26-16-6-9-21-19(13-16)28-24(35-21)14-4-7-17(8-5-14)27-25(36)29-23(31)22-11-10-20(34-22)15-2-1-3-18(12-15)30(32)33/h1-13H,(H2,27,29,31,36). The van der Waals surface area contributed by atoms with Crippen LogP contribution in [0.15, 0.2) is 87.7 Å². The Bertz CT molecular complexity index is 1630. The van der Waals surface area contributed by atoms with Gasteiger partial charge in [-0.1, -0.05) is 23.7 Å². The number of thiocarbonyl (C=S) groups is 1. The first-order valence-corrected chi connectivity index (χ1v) is 11.3. The first kappa shape index (κ1) is 23.2. The molecule has 0 aliphatic rings. The van der Waals surface area contributed by atoms with Crippen molar-refractivity contribution in [2.75, 3.05) is 5.32 Å². The van der Waals surface area contributed by atoms with Gasteiger partial charge in [0.25, 0.3) is 11.6 Å². The molecule has 0 saturated carbocycles. The minimum Gasteiger partial charge on any atom is -0.451 e. The fraction of sp³-hybridized carbons (Fsp3) is 0. The lowest BCUT2D eigenvalue weighted by Gasteiger charge is -2.09. The maximum atomic E-state index is 12.5. The van der Waals surface area contributed by atoms with Crippen LogP contribution in [0.25, 0.3) is 33.9 Å². The number of aromatic nitrogens is 1. The van der Waals surface area contributed by atoms with Crippen LogP contribution in [0.3, 0.4) is 0 Å². The highest BCUT2D eigenvalue weighted by Gasteiger charge is 2.16. The van der Waals surface area contributed by atoms with Crippen LogP contribution in [0.4, 0.5) is 11.4 Å². The van der Waals surface area contributed by atoms with Gasteiger partial charge in [-0.3, -0.25) is 20.2 Å². The molecule has 0 fully saturated rings. The number of nitro groups is 1. The largest absolute Gasteiger partial charge is 0.451 e. The van der Waals surface area contributed by atoms with Gasteiger partial charge in [0.1, 0.15) is 11.3 Å². The molecule has 5 aromatic rings. The van der Waals surface area contributed by atoms with Crippen molar-refractivity contribution < 1.29 is 18.6 Å². The van der Waals surface area contributed by atoms with Gasteiger partial charge < -0.3 is 14.2 Å². The van der Waals surface area contributed by atoms with Crippen LogP contribution in [0.2, 0.25) is 5.02 Å². The minimum absolute atomic E-state index is 0.00654. The Morgan fingerprint density at radius 2 is 1.78 bits per heavy atom. The third-order valence-electron chi connectivity index (χ3n) is 5.14. The number of benzene rings is 3. The molecule has 0 atom stereocenters. The highest BCUT2D eigenvalue weighted by atomic mass is 35.5. The number of non-ortho nitro benzene ring substituents is 1. The molecule has 0 saturated heterocycles. The average Bonchev–Trinajstić information content (AvgIpc) is 3.52. The third-order valence-corrected chi connectivity index (χ3v) is 5.58. The van der Waals surface area contributed by atoms with Crippen molar-refractivity contribution in [1.29, 1.82) is 0 Å². The molecule has 11 heteroatoms. The molecule has 36 heavy (non-hydrogen) atoms. The molecule has 0 aliphatic heterocycles. The molecule has 178 valence electrons. The van der Waals surface area contributed by atoms with E-state index in [0.717, 1.165) is 5.56 Å². The molecule has 0 unspecified atom stereocenters. The molecule has 2 heterocycles. The number of nitrogens with one attached hydrogen (secondary N) is 2. The lowest BCUT2D eigenvalue weighted by Crippen LogP contribution is -2.33. The summed E-state index contributed by atoms with van der Waals surface area (Å²) >= 11 is 11.2. The second kappa shape index (κ2) is 9.61. The van der Waals surface area contributed by atoms with Gasteiger partial charge in [-0.2, -0.15) is 0 Å². The number of hydrogen-bond acceptors (Lipinski definition) is 7. The number of nitro benzene ring substituents is 1. The monoisotopic (exact) mass is 518 g/mol.